The van der Waals surface area contributed by atoms with Crippen LogP contribution in [0.15, 0.2) is 50.7 Å². The summed E-state index contributed by atoms with van der Waals surface area (Å²) in [4.78, 5) is 32.7. The fourth-order valence-corrected chi connectivity index (χ4v) is 5.78. The molecule has 3 heterocycles. The van der Waals surface area contributed by atoms with Crippen molar-refractivity contribution in [3.63, 3.8) is 0 Å². The smallest absolute Gasteiger partial charge is 0.338 e. The number of thiophene rings is 1. The molecule has 3 aromatic rings. The van der Waals surface area contributed by atoms with Gasteiger partial charge in [-0.05, 0) is 56.0 Å². The Hall–Kier alpha value is -3.37. The van der Waals surface area contributed by atoms with E-state index in [0.717, 1.165) is 4.88 Å². The van der Waals surface area contributed by atoms with Gasteiger partial charge in [-0.3, -0.25) is 9.36 Å². The first-order valence-corrected chi connectivity index (χ1v) is 12.6. The van der Waals surface area contributed by atoms with Gasteiger partial charge in [0, 0.05) is 4.88 Å². The maximum atomic E-state index is 13.7. The Morgan fingerprint density at radius 1 is 1.14 bits per heavy atom. The molecule has 0 saturated carbocycles. The fraction of sp³-hybridized carbons (Fsp3) is 0.320. The van der Waals surface area contributed by atoms with E-state index >= 15 is 0 Å². The Bertz CT molecular complexity index is 1440. The molecule has 0 spiro atoms. The van der Waals surface area contributed by atoms with Crippen molar-refractivity contribution in [2.75, 3.05) is 21.3 Å². The summed E-state index contributed by atoms with van der Waals surface area (Å²) in [7, 11) is 4.61. The number of ether oxygens (including phenoxy) is 4. The van der Waals surface area contributed by atoms with Gasteiger partial charge in [0.1, 0.15) is 6.04 Å². The molecule has 35 heavy (non-hydrogen) atoms. The number of carbonyl (C=O) groups excluding carboxylic acids is 1. The van der Waals surface area contributed by atoms with Gasteiger partial charge in [0.2, 0.25) is 5.75 Å². The van der Waals surface area contributed by atoms with E-state index in [9.17, 15) is 9.59 Å². The molecule has 8 nitrogen and oxygen atoms in total. The van der Waals surface area contributed by atoms with Crippen molar-refractivity contribution in [1.29, 1.82) is 0 Å². The summed E-state index contributed by atoms with van der Waals surface area (Å²) < 4.78 is 23.8. The predicted octanol–water partition coefficient (Wildman–Crippen LogP) is 3.27. The zero-order chi connectivity index (χ0) is 25.3. The van der Waals surface area contributed by atoms with Crippen LogP contribution in [0.25, 0.3) is 6.08 Å². The standard InChI is InChI=1S/C25H26N2O6S2/c1-13(2)33-24(29)20-14(3)26-25-27(21(20)18-8-7-9-34-18)23(28)19(35-25)12-15-10-16(30-4)22(32-6)17(11-15)31-5/h7-13,21H,1-6H3/b19-12+/t21-/m0/s1. The van der Waals surface area contributed by atoms with Crippen LogP contribution < -0.4 is 29.1 Å². The number of aromatic nitrogens is 1. The van der Waals surface area contributed by atoms with E-state index in [1.54, 1.807) is 43.5 Å². The maximum absolute atomic E-state index is 13.7. The number of allylic oxidation sites excluding steroid dienone is 1. The van der Waals surface area contributed by atoms with Gasteiger partial charge >= 0.3 is 5.97 Å². The number of esters is 1. The predicted molar refractivity (Wildman–Crippen MR) is 135 cm³/mol. The second-order valence-electron chi connectivity index (χ2n) is 8.01. The SMILES string of the molecule is COc1cc(/C=c2/sc3n(c2=O)[C@@H](c2cccs2)C(C(=O)OC(C)C)=C(C)N=3)cc(OC)c1OC. The van der Waals surface area contributed by atoms with Crippen molar-refractivity contribution >= 4 is 34.7 Å². The number of hydrogen-bond acceptors (Lipinski definition) is 9. The second-order valence-corrected chi connectivity index (χ2v) is 10.00. The molecule has 0 aliphatic carbocycles. The third-order valence-electron chi connectivity index (χ3n) is 5.38. The van der Waals surface area contributed by atoms with E-state index in [-0.39, 0.29) is 11.7 Å². The van der Waals surface area contributed by atoms with Gasteiger partial charge in [-0.1, -0.05) is 17.4 Å². The van der Waals surface area contributed by atoms with Crippen molar-refractivity contribution in [2.45, 2.75) is 32.9 Å². The highest BCUT2D eigenvalue weighted by molar-refractivity contribution is 7.10. The molecule has 0 saturated heterocycles. The highest BCUT2D eigenvalue weighted by Crippen LogP contribution is 2.38. The minimum absolute atomic E-state index is 0.247. The van der Waals surface area contributed by atoms with Crippen LogP contribution in [0.3, 0.4) is 0 Å². The maximum Gasteiger partial charge on any atom is 0.338 e. The molecule has 0 fully saturated rings. The Balaban J connectivity index is 1.91. The van der Waals surface area contributed by atoms with Gasteiger partial charge < -0.3 is 18.9 Å². The van der Waals surface area contributed by atoms with E-state index in [1.165, 1.54) is 44.0 Å². The summed E-state index contributed by atoms with van der Waals surface area (Å²) in [6, 6.07) is 6.74. The summed E-state index contributed by atoms with van der Waals surface area (Å²) in [6.45, 7) is 5.36. The zero-order valence-corrected chi connectivity index (χ0v) is 21.9. The average Bonchev–Trinajstić information content (AvgIpc) is 3.45. The number of benzene rings is 1. The van der Waals surface area contributed by atoms with Crippen molar-refractivity contribution < 1.29 is 23.7 Å². The molecule has 1 aliphatic rings. The van der Waals surface area contributed by atoms with Crippen LogP contribution in [-0.4, -0.2) is 38.0 Å². The normalized spacial score (nSPS) is 15.6. The van der Waals surface area contributed by atoms with Gasteiger partial charge in [0.05, 0.1) is 43.2 Å². The highest BCUT2D eigenvalue weighted by Gasteiger charge is 2.34. The van der Waals surface area contributed by atoms with Crippen molar-refractivity contribution in [3.05, 3.63) is 71.0 Å². The summed E-state index contributed by atoms with van der Waals surface area (Å²) in [5.41, 5.74) is 1.36. The van der Waals surface area contributed by atoms with E-state index in [1.807, 2.05) is 17.5 Å². The van der Waals surface area contributed by atoms with Gasteiger partial charge in [-0.15, -0.1) is 11.3 Å². The molecule has 4 rings (SSSR count). The van der Waals surface area contributed by atoms with Crippen LogP contribution >= 0.6 is 22.7 Å². The molecule has 10 heteroatoms. The Labute approximate surface area is 210 Å². The second kappa shape index (κ2) is 10.1. The fourth-order valence-electron chi connectivity index (χ4n) is 3.91. The number of rotatable bonds is 7. The number of fused-ring (bicyclic) bond motifs is 1. The third-order valence-corrected chi connectivity index (χ3v) is 7.29. The topological polar surface area (TPSA) is 88.4 Å². The minimum Gasteiger partial charge on any atom is -0.493 e. The van der Waals surface area contributed by atoms with Gasteiger partial charge in [-0.2, -0.15) is 0 Å². The van der Waals surface area contributed by atoms with E-state index in [4.69, 9.17) is 18.9 Å². The van der Waals surface area contributed by atoms with Crippen LogP contribution in [0.5, 0.6) is 17.2 Å². The molecule has 0 N–H and O–H groups in total. The number of carbonyl (C=O) groups is 1. The number of hydrogen-bond donors (Lipinski definition) is 0. The molecule has 1 aromatic carbocycles. The lowest BCUT2D eigenvalue weighted by Gasteiger charge is -2.24. The van der Waals surface area contributed by atoms with Crippen LogP contribution in [0.1, 0.15) is 37.3 Å². The Morgan fingerprint density at radius 2 is 1.83 bits per heavy atom. The average molecular weight is 515 g/mol. The number of thiazole rings is 1. The van der Waals surface area contributed by atoms with Crippen molar-refractivity contribution in [1.82, 2.24) is 4.57 Å². The molecule has 1 atom stereocenters. The summed E-state index contributed by atoms with van der Waals surface area (Å²) in [5.74, 6) is 0.961. The van der Waals surface area contributed by atoms with Crippen LogP contribution in [0.4, 0.5) is 0 Å². The lowest BCUT2D eigenvalue weighted by atomic mass is 10.0. The first kappa shape index (κ1) is 24.7. The Kier molecular flexibility index (Phi) is 7.13. The van der Waals surface area contributed by atoms with Crippen LogP contribution in [0, 0.1) is 0 Å². The molecule has 0 radical (unpaired) electrons. The van der Waals surface area contributed by atoms with Crippen LogP contribution in [-0.2, 0) is 9.53 Å². The monoisotopic (exact) mass is 514 g/mol. The minimum atomic E-state index is -0.611. The van der Waals surface area contributed by atoms with Gasteiger partial charge in [0.25, 0.3) is 5.56 Å². The third kappa shape index (κ3) is 4.63. The van der Waals surface area contributed by atoms with E-state index in [0.29, 0.717) is 43.4 Å². The van der Waals surface area contributed by atoms with Crippen LogP contribution in [0.2, 0.25) is 0 Å². The molecule has 0 amide bonds. The summed E-state index contributed by atoms with van der Waals surface area (Å²) in [6.07, 6.45) is 1.46. The van der Waals surface area contributed by atoms with Gasteiger partial charge in [0.15, 0.2) is 16.3 Å². The number of methoxy groups -OCH3 is 3. The van der Waals surface area contributed by atoms with E-state index in [2.05, 4.69) is 4.99 Å². The first-order valence-electron chi connectivity index (χ1n) is 10.9. The molecule has 0 bridgehead atoms. The summed E-state index contributed by atoms with van der Waals surface area (Å²) >= 11 is 2.73. The highest BCUT2D eigenvalue weighted by atomic mass is 32.1. The van der Waals surface area contributed by atoms with Crippen molar-refractivity contribution in [3.8, 4) is 17.2 Å². The van der Waals surface area contributed by atoms with Crippen molar-refractivity contribution in [2.24, 2.45) is 4.99 Å². The van der Waals surface area contributed by atoms with E-state index < -0.39 is 12.0 Å². The molecular weight excluding hydrogens is 488 g/mol. The zero-order valence-electron chi connectivity index (χ0n) is 20.3. The quantitative estimate of drug-likeness (QED) is 0.450. The lowest BCUT2D eigenvalue weighted by molar-refractivity contribution is -0.143. The Morgan fingerprint density at radius 3 is 2.37 bits per heavy atom. The first-order chi connectivity index (χ1) is 16.8. The molecule has 2 aromatic heterocycles. The largest absolute Gasteiger partial charge is 0.493 e. The molecule has 184 valence electrons. The number of nitrogens with zero attached hydrogens (tertiary/aromatic N) is 2. The van der Waals surface area contributed by atoms with Gasteiger partial charge in [-0.25, -0.2) is 9.79 Å². The lowest BCUT2D eigenvalue weighted by Crippen LogP contribution is -2.39. The summed E-state index contributed by atoms with van der Waals surface area (Å²) in [5, 5.41) is 1.92. The molecule has 0 unspecified atom stereocenters. The molecule has 1 aliphatic heterocycles. The molecular formula is C25H26N2O6S2.